The maximum Gasteiger partial charge on any atom is 0.254 e. The van der Waals surface area contributed by atoms with Gasteiger partial charge in [0.2, 0.25) is 0 Å². The number of carbonyl (C=O) groups excluding carboxylic acids is 1. The molecule has 4 rings (SSSR count). The number of benzene rings is 2. The zero-order chi connectivity index (χ0) is 15.1. The lowest BCUT2D eigenvalue weighted by Gasteiger charge is -2.23. The Hall–Kier alpha value is -2.66. The standard InChI is InChI=1S/C17H13N3OS/c21-16-15(13-10-18-14-9-5-4-8-12(13)14)20(17(22)19-16)11-6-2-1-3-7-11/h1-10,15,18H,(H,19,21,22). The van der Waals surface area contributed by atoms with Crippen molar-refractivity contribution in [2.45, 2.75) is 6.04 Å². The SMILES string of the molecule is O=C1NC(=S)N(c2ccccc2)C1c1c[nH]c2ccccc12. The minimum Gasteiger partial charge on any atom is -0.361 e. The van der Waals surface area contributed by atoms with Crippen molar-refractivity contribution in [1.82, 2.24) is 10.3 Å². The number of hydrogen-bond donors (Lipinski definition) is 2. The molecule has 2 aromatic carbocycles. The number of fused-ring (bicyclic) bond motifs is 1. The quantitative estimate of drug-likeness (QED) is 0.715. The molecule has 5 heteroatoms. The molecule has 0 aliphatic carbocycles. The number of amides is 1. The highest BCUT2D eigenvalue weighted by Gasteiger charge is 2.39. The molecule has 1 aliphatic heterocycles. The summed E-state index contributed by atoms with van der Waals surface area (Å²) in [7, 11) is 0. The molecule has 1 saturated heterocycles. The van der Waals surface area contributed by atoms with E-state index in [1.165, 1.54) is 0 Å². The lowest BCUT2D eigenvalue weighted by Crippen LogP contribution is -2.29. The van der Waals surface area contributed by atoms with Gasteiger partial charge in [0.1, 0.15) is 6.04 Å². The number of nitrogens with zero attached hydrogens (tertiary/aromatic N) is 1. The smallest absolute Gasteiger partial charge is 0.254 e. The van der Waals surface area contributed by atoms with Gasteiger partial charge in [-0.3, -0.25) is 4.79 Å². The average molecular weight is 307 g/mol. The van der Waals surface area contributed by atoms with Crippen molar-refractivity contribution in [2.24, 2.45) is 0 Å². The average Bonchev–Trinajstić information content (AvgIpc) is 3.08. The van der Waals surface area contributed by atoms with E-state index in [1.54, 1.807) is 0 Å². The van der Waals surface area contributed by atoms with Crippen LogP contribution in [0.4, 0.5) is 5.69 Å². The second-order valence-corrected chi connectivity index (χ2v) is 5.58. The van der Waals surface area contributed by atoms with Crippen molar-refractivity contribution in [3.05, 3.63) is 66.4 Å². The molecule has 0 spiro atoms. The Bertz CT molecular complexity index is 872. The fraction of sp³-hybridized carbons (Fsp3) is 0.0588. The zero-order valence-corrected chi connectivity index (χ0v) is 12.4. The molecule has 1 fully saturated rings. The minimum atomic E-state index is -0.453. The molecular formula is C17H13N3OS. The van der Waals surface area contributed by atoms with Crippen molar-refractivity contribution in [3.8, 4) is 0 Å². The predicted molar refractivity (Wildman–Crippen MR) is 90.7 cm³/mol. The summed E-state index contributed by atoms with van der Waals surface area (Å²) < 4.78 is 0. The first-order chi connectivity index (χ1) is 10.8. The van der Waals surface area contributed by atoms with Crippen LogP contribution in [-0.4, -0.2) is 16.0 Å². The molecular weight excluding hydrogens is 294 g/mol. The maximum atomic E-state index is 12.5. The highest BCUT2D eigenvalue weighted by atomic mass is 32.1. The van der Waals surface area contributed by atoms with Gasteiger partial charge in [0, 0.05) is 28.4 Å². The lowest BCUT2D eigenvalue weighted by molar-refractivity contribution is -0.119. The summed E-state index contributed by atoms with van der Waals surface area (Å²) in [5.41, 5.74) is 2.84. The molecule has 108 valence electrons. The van der Waals surface area contributed by atoms with E-state index in [-0.39, 0.29) is 5.91 Å². The van der Waals surface area contributed by atoms with Crippen molar-refractivity contribution >= 4 is 39.8 Å². The van der Waals surface area contributed by atoms with E-state index >= 15 is 0 Å². The normalized spacial score (nSPS) is 18.0. The number of hydrogen-bond acceptors (Lipinski definition) is 2. The van der Waals surface area contributed by atoms with Gasteiger partial charge in [-0.15, -0.1) is 0 Å². The third-order valence-electron chi connectivity index (χ3n) is 3.91. The van der Waals surface area contributed by atoms with Gasteiger partial charge in [-0.25, -0.2) is 0 Å². The van der Waals surface area contributed by atoms with Gasteiger partial charge in [0.05, 0.1) is 0 Å². The van der Waals surface area contributed by atoms with Gasteiger partial charge in [-0.1, -0.05) is 36.4 Å². The van der Waals surface area contributed by atoms with Crippen LogP contribution in [0, 0.1) is 0 Å². The fourth-order valence-corrected chi connectivity index (χ4v) is 3.24. The molecule has 4 nitrogen and oxygen atoms in total. The van der Waals surface area contributed by atoms with Crippen molar-refractivity contribution in [2.75, 3.05) is 4.90 Å². The molecule has 2 N–H and O–H groups in total. The van der Waals surface area contributed by atoms with Crippen LogP contribution >= 0.6 is 12.2 Å². The van der Waals surface area contributed by atoms with Crippen LogP contribution in [0.25, 0.3) is 10.9 Å². The Morgan fingerprint density at radius 2 is 1.73 bits per heavy atom. The monoisotopic (exact) mass is 307 g/mol. The number of para-hydroxylation sites is 2. The van der Waals surface area contributed by atoms with Crippen LogP contribution in [0.3, 0.4) is 0 Å². The molecule has 1 aromatic heterocycles. The van der Waals surface area contributed by atoms with Crippen molar-refractivity contribution in [3.63, 3.8) is 0 Å². The molecule has 1 unspecified atom stereocenters. The highest BCUT2D eigenvalue weighted by molar-refractivity contribution is 7.80. The van der Waals surface area contributed by atoms with Gasteiger partial charge in [-0.05, 0) is 30.4 Å². The Morgan fingerprint density at radius 3 is 2.55 bits per heavy atom. The third-order valence-corrected chi connectivity index (χ3v) is 4.20. The first-order valence-electron chi connectivity index (χ1n) is 7.01. The van der Waals surface area contributed by atoms with Gasteiger partial charge in [-0.2, -0.15) is 0 Å². The van der Waals surface area contributed by atoms with E-state index in [2.05, 4.69) is 10.3 Å². The third kappa shape index (κ3) is 1.90. The van der Waals surface area contributed by atoms with E-state index in [1.807, 2.05) is 65.7 Å². The van der Waals surface area contributed by atoms with Crippen molar-refractivity contribution < 1.29 is 4.79 Å². The van der Waals surface area contributed by atoms with E-state index in [9.17, 15) is 4.79 Å². The number of anilines is 1. The molecule has 0 saturated carbocycles. The molecule has 22 heavy (non-hydrogen) atoms. The summed E-state index contributed by atoms with van der Waals surface area (Å²) in [6.07, 6.45) is 1.89. The second-order valence-electron chi connectivity index (χ2n) is 5.19. The predicted octanol–water partition coefficient (Wildman–Crippen LogP) is 3.13. The lowest BCUT2D eigenvalue weighted by atomic mass is 10.0. The van der Waals surface area contributed by atoms with Crippen LogP contribution in [-0.2, 0) is 4.79 Å². The molecule has 2 heterocycles. The Balaban J connectivity index is 1.88. The number of H-pyrrole nitrogens is 1. The number of aromatic nitrogens is 1. The van der Waals surface area contributed by atoms with Gasteiger partial charge < -0.3 is 15.2 Å². The zero-order valence-electron chi connectivity index (χ0n) is 11.6. The van der Waals surface area contributed by atoms with Crippen LogP contribution in [0.2, 0.25) is 0 Å². The summed E-state index contributed by atoms with van der Waals surface area (Å²) in [6.45, 7) is 0. The van der Waals surface area contributed by atoms with Crippen LogP contribution < -0.4 is 10.2 Å². The van der Waals surface area contributed by atoms with E-state index < -0.39 is 6.04 Å². The van der Waals surface area contributed by atoms with Crippen LogP contribution in [0.15, 0.2) is 60.8 Å². The summed E-state index contributed by atoms with van der Waals surface area (Å²) in [5, 5.41) is 4.24. The summed E-state index contributed by atoms with van der Waals surface area (Å²) in [4.78, 5) is 17.5. The Kier molecular flexibility index (Phi) is 2.94. The molecule has 0 bridgehead atoms. The first kappa shape index (κ1) is 13.0. The highest BCUT2D eigenvalue weighted by Crippen LogP contribution is 2.34. The summed E-state index contributed by atoms with van der Waals surface area (Å²) in [5.74, 6) is -0.0985. The number of aromatic amines is 1. The van der Waals surface area contributed by atoms with Crippen LogP contribution in [0.1, 0.15) is 11.6 Å². The first-order valence-corrected chi connectivity index (χ1v) is 7.41. The summed E-state index contributed by atoms with van der Waals surface area (Å²) >= 11 is 5.36. The van der Waals surface area contributed by atoms with Gasteiger partial charge >= 0.3 is 0 Å². The minimum absolute atomic E-state index is 0.0985. The largest absolute Gasteiger partial charge is 0.361 e. The number of thiocarbonyl (C=S) groups is 1. The second kappa shape index (κ2) is 4.96. The molecule has 0 radical (unpaired) electrons. The van der Waals surface area contributed by atoms with E-state index in [0.29, 0.717) is 5.11 Å². The molecule has 3 aromatic rings. The number of rotatable bonds is 2. The molecule has 1 amide bonds. The van der Waals surface area contributed by atoms with Crippen LogP contribution in [0.5, 0.6) is 0 Å². The Labute approximate surface area is 132 Å². The molecule has 1 atom stereocenters. The Morgan fingerprint density at radius 1 is 1.00 bits per heavy atom. The topological polar surface area (TPSA) is 48.1 Å². The van der Waals surface area contributed by atoms with E-state index in [0.717, 1.165) is 22.2 Å². The van der Waals surface area contributed by atoms with Gasteiger partial charge in [0.25, 0.3) is 5.91 Å². The fourth-order valence-electron chi connectivity index (χ4n) is 2.92. The van der Waals surface area contributed by atoms with Crippen molar-refractivity contribution in [1.29, 1.82) is 0 Å². The summed E-state index contributed by atoms with van der Waals surface area (Å²) in [6, 6.07) is 17.2. The maximum absolute atomic E-state index is 12.5. The number of carbonyl (C=O) groups is 1. The number of nitrogens with one attached hydrogen (secondary N) is 2. The van der Waals surface area contributed by atoms with E-state index in [4.69, 9.17) is 12.2 Å². The van der Waals surface area contributed by atoms with Gasteiger partial charge in [0.15, 0.2) is 5.11 Å². The molecule has 1 aliphatic rings.